The van der Waals surface area contributed by atoms with Gasteiger partial charge in [-0.2, -0.15) is 0 Å². The van der Waals surface area contributed by atoms with Crippen LogP contribution in [-0.4, -0.2) is 24.1 Å². The minimum absolute atomic E-state index is 0.0295. The summed E-state index contributed by atoms with van der Waals surface area (Å²) in [5, 5.41) is 1.00. The normalized spacial score (nSPS) is 18.0. The highest BCUT2D eigenvalue weighted by atomic mass is 35.5. The SMILES string of the molecule is O=C(c1ccccc1)N1COC(c2ccc(Cl)c(Cl)c2)C1. The molecule has 108 valence electrons. The Hall–Kier alpha value is -1.55. The summed E-state index contributed by atoms with van der Waals surface area (Å²) in [6, 6.07) is 14.6. The summed E-state index contributed by atoms with van der Waals surface area (Å²) >= 11 is 11.9. The quantitative estimate of drug-likeness (QED) is 0.831. The Morgan fingerprint density at radius 2 is 1.86 bits per heavy atom. The highest BCUT2D eigenvalue weighted by Gasteiger charge is 2.28. The average Bonchev–Trinajstić information content (AvgIpc) is 3.00. The molecule has 1 aliphatic rings. The zero-order chi connectivity index (χ0) is 14.8. The lowest BCUT2D eigenvalue weighted by Gasteiger charge is -2.14. The van der Waals surface area contributed by atoms with Gasteiger partial charge >= 0.3 is 0 Å². The zero-order valence-electron chi connectivity index (χ0n) is 11.1. The van der Waals surface area contributed by atoms with Crippen molar-refractivity contribution in [2.75, 3.05) is 13.3 Å². The summed E-state index contributed by atoms with van der Waals surface area (Å²) in [7, 11) is 0. The first-order valence-electron chi connectivity index (χ1n) is 6.56. The third kappa shape index (κ3) is 3.05. The maximum Gasteiger partial charge on any atom is 0.255 e. The fourth-order valence-corrected chi connectivity index (χ4v) is 2.61. The lowest BCUT2D eigenvalue weighted by atomic mass is 10.1. The van der Waals surface area contributed by atoms with Gasteiger partial charge in [-0.05, 0) is 29.8 Å². The molecule has 0 N–H and O–H groups in total. The molecule has 2 aromatic carbocycles. The van der Waals surface area contributed by atoms with Crippen molar-refractivity contribution in [2.45, 2.75) is 6.10 Å². The monoisotopic (exact) mass is 321 g/mol. The van der Waals surface area contributed by atoms with E-state index in [0.29, 0.717) is 22.2 Å². The Morgan fingerprint density at radius 3 is 2.57 bits per heavy atom. The number of carbonyl (C=O) groups excluding carboxylic acids is 1. The number of rotatable bonds is 2. The standard InChI is InChI=1S/C16H13Cl2NO2/c17-13-7-6-12(8-14(13)18)15-9-19(10-21-15)16(20)11-4-2-1-3-5-11/h1-8,15H,9-10H2. The molecule has 1 atom stereocenters. The van der Waals surface area contributed by atoms with Crippen LogP contribution in [0.1, 0.15) is 22.0 Å². The van der Waals surface area contributed by atoms with Gasteiger partial charge in [0, 0.05) is 5.56 Å². The summed E-state index contributed by atoms with van der Waals surface area (Å²) in [4.78, 5) is 14.0. The summed E-state index contributed by atoms with van der Waals surface area (Å²) in [6.45, 7) is 0.782. The van der Waals surface area contributed by atoms with Crippen molar-refractivity contribution in [2.24, 2.45) is 0 Å². The molecule has 1 unspecified atom stereocenters. The van der Waals surface area contributed by atoms with E-state index in [0.717, 1.165) is 5.56 Å². The van der Waals surface area contributed by atoms with Gasteiger partial charge in [0.2, 0.25) is 0 Å². The van der Waals surface area contributed by atoms with E-state index in [1.165, 1.54) is 0 Å². The molecular formula is C16H13Cl2NO2. The number of amides is 1. The lowest BCUT2D eigenvalue weighted by molar-refractivity contribution is 0.0630. The van der Waals surface area contributed by atoms with E-state index < -0.39 is 0 Å². The molecule has 1 saturated heterocycles. The highest BCUT2D eigenvalue weighted by molar-refractivity contribution is 6.42. The summed E-state index contributed by atoms with van der Waals surface area (Å²) in [5.74, 6) is -0.0295. The Kier molecular flexibility index (Phi) is 4.15. The molecule has 0 spiro atoms. The molecule has 0 saturated carbocycles. The lowest BCUT2D eigenvalue weighted by Crippen LogP contribution is -2.28. The third-order valence-corrected chi connectivity index (χ3v) is 4.18. The summed E-state index contributed by atoms with van der Waals surface area (Å²) in [5.41, 5.74) is 1.59. The smallest absolute Gasteiger partial charge is 0.255 e. The van der Waals surface area contributed by atoms with Crippen LogP contribution in [0, 0.1) is 0 Å². The molecule has 3 nitrogen and oxygen atoms in total. The van der Waals surface area contributed by atoms with E-state index >= 15 is 0 Å². The van der Waals surface area contributed by atoms with Gasteiger partial charge in [0.05, 0.1) is 16.6 Å². The predicted octanol–water partition coefficient (Wildman–Crippen LogP) is 4.16. The van der Waals surface area contributed by atoms with Gasteiger partial charge in [-0.1, -0.05) is 47.5 Å². The number of hydrogen-bond acceptors (Lipinski definition) is 2. The molecule has 1 heterocycles. The molecular weight excluding hydrogens is 309 g/mol. The van der Waals surface area contributed by atoms with Crippen LogP contribution in [0.15, 0.2) is 48.5 Å². The fourth-order valence-electron chi connectivity index (χ4n) is 2.30. The Labute approximate surface area is 133 Å². The third-order valence-electron chi connectivity index (χ3n) is 3.44. The molecule has 3 rings (SSSR count). The number of benzene rings is 2. The summed E-state index contributed by atoms with van der Waals surface area (Å²) in [6.07, 6.45) is -0.174. The molecule has 5 heteroatoms. The first-order chi connectivity index (χ1) is 10.1. The maximum atomic E-state index is 12.3. The van der Waals surface area contributed by atoms with Crippen molar-refractivity contribution in [1.82, 2.24) is 4.90 Å². The Morgan fingerprint density at radius 1 is 1.10 bits per heavy atom. The number of ether oxygens (including phenoxy) is 1. The van der Waals surface area contributed by atoms with Crippen molar-refractivity contribution < 1.29 is 9.53 Å². The molecule has 21 heavy (non-hydrogen) atoms. The van der Waals surface area contributed by atoms with E-state index in [2.05, 4.69) is 0 Å². The van der Waals surface area contributed by atoms with Crippen LogP contribution >= 0.6 is 23.2 Å². The van der Waals surface area contributed by atoms with Crippen molar-refractivity contribution in [3.05, 3.63) is 69.7 Å². The zero-order valence-corrected chi connectivity index (χ0v) is 12.6. The Balaban J connectivity index is 1.73. The number of nitrogens with zero attached hydrogens (tertiary/aromatic N) is 1. The largest absolute Gasteiger partial charge is 0.351 e. The van der Waals surface area contributed by atoms with Gasteiger partial charge in [-0.3, -0.25) is 4.79 Å². The number of halogens is 2. The van der Waals surface area contributed by atoms with Crippen molar-refractivity contribution >= 4 is 29.1 Å². The van der Waals surface area contributed by atoms with Crippen LogP contribution in [0.25, 0.3) is 0 Å². The molecule has 0 aliphatic carbocycles. The van der Waals surface area contributed by atoms with Crippen LogP contribution in [0.3, 0.4) is 0 Å². The predicted molar refractivity (Wildman–Crippen MR) is 82.6 cm³/mol. The molecule has 0 bridgehead atoms. The molecule has 2 aromatic rings. The maximum absolute atomic E-state index is 12.3. The fraction of sp³-hybridized carbons (Fsp3) is 0.188. The van der Waals surface area contributed by atoms with Gasteiger partial charge in [-0.25, -0.2) is 0 Å². The van der Waals surface area contributed by atoms with E-state index in [4.69, 9.17) is 27.9 Å². The van der Waals surface area contributed by atoms with Crippen molar-refractivity contribution in [1.29, 1.82) is 0 Å². The number of hydrogen-bond donors (Lipinski definition) is 0. The number of carbonyl (C=O) groups is 1. The second-order valence-electron chi connectivity index (χ2n) is 4.85. The van der Waals surface area contributed by atoms with E-state index in [9.17, 15) is 4.79 Å². The second-order valence-corrected chi connectivity index (χ2v) is 5.67. The van der Waals surface area contributed by atoms with E-state index in [-0.39, 0.29) is 18.7 Å². The van der Waals surface area contributed by atoms with Crippen LogP contribution in [0.4, 0.5) is 0 Å². The van der Waals surface area contributed by atoms with Gasteiger partial charge < -0.3 is 9.64 Å². The highest BCUT2D eigenvalue weighted by Crippen LogP contribution is 2.30. The van der Waals surface area contributed by atoms with E-state index in [1.807, 2.05) is 24.3 Å². The second kappa shape index (κ2) is 6.06. The molecule has 1 fully saturated rings. The van der Waals surface area contributed by atoms with Crippen molar-refractivity contribution in [3.8, 4) is 0 Å². The van der Waals surface area contributed by atoms with Crippen LogP contribution < -0.4 is 0 Å². The van der Waals surface area contributed by atoms with Crippen LogP contribution in [-0.2, 0) is 4.74 Å². The molecule has 1 amide bonds. The molecule has 1 aliphatic heterocycles. The Bertz CT molecular complexity index is 661. The van der Waals surface area contributed by atoms with Crippen molar-refractivity contribution in [3.63, 3.8) is 0 Å². The minimum atomic E-state index is -0.174. The van der Waals surface area contributed by atoms with Gasteiger partial charge in [0.1, 0.15) is 12.8 Å². The van der Waals surface area contributed by atoms with Crippen LogP contribution in [0.5, 0.6) is 0 Å². The van der Waals surface area contributed by atoms with Gasteiger partial charge in [0.15, 0.2) is 0 Å². The topological polar surface area (TPSA) is 29.5 Å². The van der Waals surface area contributed by atoms with Crippen LogP contribution in [0.2, 0.25) is 10.0 Å². The van der Waals surface area contributed by atoms with E-state index in [1.54, 1.807) is 29.2 Å². The summed E-state index contributed by atoms with van der Waals surface area (Å²) < 4.78 is 5.69. The molecule has 0 aromatic heterocycles. The van der Waals surface area contributed by atoms with Gasteiger partial charge in [0.25, 0.3) is 5.91 Å². The first kappa shape index (κ1) is 14.4. The first-order valence-corrected chi connectivity index (χ1v) is 7.31. The average molecular weight is 322 g/mol. The minimum Gasteiger partial charge on any atom is -0.351 e. The van der Waals surface area contributed by atoms with Gasteiger partial charge in [-0.15, -0.1) is 0 Å². The molecule has 0 radical (unpaired) electrons.